The van der Waals surface area contributed by atoms with Gasteiger partial charge in [0.1, 0.15) is 5.75 Å². The summed E-state index contributed by atoms with van der Waals surface area (Å²) in [5.74, 6) is 1.42. The molecule has 0 bridgehead atoms. The smallest absolute Gasteiger partial charge is 0.255 e. The van der Waals surface area contributed by atoms with Gasteiger partial charge in [-0.3, -0.25) is 4.79 Å². The molecule has 4 rings (SSSR count). The van der Waals surface area contributed by atoms with Gasteiger partial charge in [-0.15, -0.1) is 0 Å². The van der Waals surface area contributed by atoms with Crippen molar-refractivity contribution in [3.63, 3.8) is 0 Å². The zero-order valence-corrected chi connectivity index (χ0v) is 16.5. The first-order chi connectivity index (χ1) is 14.2. The van der Waals surface area contributed by atoms with Gasteiger partial charge in [0, 0.05) is 42.3 Å². The van der Waals surface area contributed by atoms with Gasteiger partial charge in [0.15, 0.2) is 0 Å². The van der Waals surface area contributed by atoms with Gasteiger partial charge in [0.05, 0.1) is 6.61 Å². The Bertz CT molecular complexity index is 948. The average molecular weight is 388 g/mol. The lowest BCUT2D eigenvalue weighted by molar-refractivity contribution is 0.102. The van der Waals surface area contributed by atoms with Crippen molar-refractivity contribution in [1.82, 2.24) is 9.97 Å². The second-order valence-electron chi connectivity index (χ2n) is 6.95. The molecule has 148 valence electrons. The van der Waals surface area contributed by atoms with Crippen molar-refractivity contribution in [3.8, 4) is 16.9 Å². The average Bonchev–Trinajstić information content (AvgIpc) is 3.31. The number of aromatic nitrogens is 2. The highest BCUT2D eigenvalue weighted by atomic mass is 16.5. The van der Waals surface area contributed by atoms with Gasteiger partial charge in [0.25, 0.3) is 5.91 Å². The van der Waals surface area contributed by atoms with Crippen LogP contribution in [0.1, 0.15) is 30.1 Å². The highest BCUT2D eigenvalue weighted by molar-refractivity contribution is 6.04. The Kier molecular flexibility index (Phi) is 5.70. The first-order valence-electron chi connectivity index (χ1n) is 9.94. The quantitative estimate of drug-likeness (QED) is 0.678. The zero-order chi connectivity index (χ0) is 20.1. The zero-order valence-electron chi connectivity index (χ0n) is 16.5. The molecule has 2 aromatic carbocycles. The van der Waals surface area contributed by atoms with Crippen molar-refractivity contribution in [3.05, 3.63) is 66.5 Å². The van der Waals surface area contributed by atoms with Crippen LogP contribution in [0, 0.1) is 0 Å². The maximum Gasteiger partial charge on any atom is 0.255 e. The minimum absolute atomic E-state index is 0.152. The van der Waals surface area contributed by atoms with E-state index in [-0.39, 0.29) is 5.91 Å². The van der Waals surface area contributed by atoms with E-state index in [4.69, 9.17) is 4.74 Å². The van der Waals surface area contributed by atoms with Crippen molar-refractivity contribution in [1.29, 1.82) is 0 Å². The molecule has 1 amide bonds. The predicted octanol–water partition coefficient (Wildman–Crippen LogP) is 4.39. The molecule has 6 heteroatoms. The molecule has 1 fully saturated rings. The van der Waals surface area contributed by atoms with E-state index in [0.29, 0.717) is 12.2 Å². The maximum absolute atomic E-state index is 12.5. The third-order valence-electron chi connectivity index (χ3n) is 4.93. The summed E-state index contributed by atoms with van der Waals surface area (Å²) in [6, 6.07) is 14.8. The molecule has 0 radical (unpaired) electrons. The van der Waals surface area contributed by atoms with E-state index < -0.39 is 0 Å². The van der Waals surface area contributed by atoms with Crippen LogP contribution in [0.3, 0.4) is 0 Å². The first-order valence-corrected chi connectivity index (χ1v) is 9.94. The summed E-state index contributed by atoms with van der Waals surface area (Å²) in [7, 11) is 0. The number of amides is 1. The van der Waals surface area contributed by atoms with Crippen LogP contribution in [0.5, 0.6) is 5.75 Å². The number of anilines is 2. The Hall–Kier alpha value is -3.41. The van der Waals surface area contributed by atoms with Gasteiger partial charge in [-0.2, -0.15) is 0 Å². The van der Waals surface area contributed by atoms with Crippen molar-refractivity contribution in [2.45, 2.75) is 19.8 Å². The molecule has 29 heavy (non-hydrogen) atoms. The monoisotopic (exact) mass is 388 g/mol. The summed E-state index contributed by atoms with van der Waals surface area (Å²) in [6.07, 6.45) is 6.09. The van der Waals surface area contributed by atoms with Gasteiger partial charge in [-0.25, -0.2) is 9.97 Å². The minimum Gasteiger partial charge on any atom is -0.494 e. The van der Waals surface area contributed by atoms with Crippen LogP contribution >= 0.6 is 0 Å². The van der Waals surface area contributed by atoms with Gasteiger partial charge in [-0.05, 0) is 61.7 Å². The Balaban J connectivity index is 1.41. The van der Waals surface area contributed by atoms with Gasteiger partial charge in [0.2, 0.25) is 5.95 Å². The summed E-state index contributed by atoms with van der Waals surface area (Å²) in [4.78, 5) is 23.7. The van der Waals surface area contributed by atoms with Crippen LogP contribution in [0.4, 0.5) is 11.6 Å². The fourth-order valence-corrected chi connectivity index (χ4v) is 3.37. The van der Waals surface area contributed by atoms with E-state index in [0.717, 1.165) is 41.6 Å². The second-order valence-corrected chi connectivity index (χ2v) is 6.95. The van der Waals surface area contributed by atoms with E-state index >= 15 is 0 Å². The van der Waals surface area contributed by atoms with E-state index in [1.165, 1.54) is 12.8 Å². The van der Waals surface area contributed by atoms with Crippen LogP contribution in [-0.2, 0) is 0 Å². The molecule has 0 aliphatic carbocycles. The number of ether oxygens (including phenoxy) is 1. The maximum atomic E-state index is 12.5. The predicted molar refractivity (Wildman–Crippen MR) is 114 cm³/mol. The SMILES string of the molecule is CCOc1ccc(NC(=O)c2ccc(-c3cnc(N4CCCC4)nc3)cc2)cc1. The number of carbonyl (C=O) groups excluding carboxylic acids is 1. The number of benzene rings is 2. The van der Waals surface area contributed by atoms with Gasteiger partial charge < -0.3 is 15.0 Å². The topological polar surface area (TPSA) is 67.3 Å². The van der Waals surface area contributed by atoms with Crippen molar-refractivity contribution >= 4 is 17.5 Å². The van der Waals surface area contributed by atoms with E-state index in [1.54, 1.807) is 0 Å². The van der Waals surface area contributed by atoms with Gasteiger partial charge >= 0.3 is 0 Å². The van der Waals surface area contributed by atoms with Crippen LogP contribution < -0.4 is 15.0 Å². The fraction of sp³-hybridized carbons (Fsp3) is 0.261. The largest absolute Gasteiger partial charge is 0.494 e. The summed E-state index contributed by atoms with van der Waals surface area (Å²) >= 11 is 0. The summed E-state index contributed by atoms with van der Waals surface area (Å²) in [6.45, 7) is 4.60. The molecule has 1 aromatic heterocycles. The van der Waals surface area contributed by atoms with Crippen molar-refractivity contribution in [2.75, 3.05) is 29.9 Å². The Morgan fingerprint density at radius 2 is 1.62 bits per heavy atom. The van der Waals surface area contributed by atoms with E-state index in [1.807, 2.05) is 67.8 Å². The molecule has 2 heterocycles. The second kappa shape index (κ2) is 8.73. The number of hydrogen-bond acceptors (Lipinski definition) is 5. The Labute approximate surface area is 170 Å². The molecule has 6 nitrogen and oxygen atoms in total. The molecular weight excluding hydrogens is 364 g/mol. The lowest BCUT2D eigenvalue weighted by Crippen LogP contribution is -2.20. The first kappa shape index (κ1) is 18.9. The van der Waals surface area contributed by atoms with Crippen LogP contribution in [-0.4, -0.2) is 35.6 Å². The highest BCUT2D eigenvalue weighted by Crippen LogP contribution is 2.22. The van der Waals surface area contributed by atoms with Crippen molar-refractivity contribution in [2.24, 2.45) is 0 Å². The Morgan fingerprint density at radius 3 is 2.24 bits per heavy atom. The van der Waals surface area contributed by atoms with Crippen molar-refractivity contribution < 1.29 is 9.53 Å². The number of carbonyl (C=O) groups is 1. The molecular formula is C23H24N4O2. The summed E-state index contributed by atoms with van der Waals surface area (Å²) in [5.41, 5.74) is 3.24. The summed E-state index contributed by atoms with van der Waals surface area (Å²) < 4.78 is 5.42. The minimum atomic E-state index is -0.152. The number of nitrogens with zero attached hydrogens (tertiary/aromatic N) is 3. The van der Waals surface area contributed by atoms with E-state index in [2.05, 4.69) is 20.2 Å². The highest BCUT2D eigenvalue weighted by Gasteiger charge is 2.14. The van der Waals surface area contributed by atoms with E-state index in [9.17, 15) is 4.79 Å². The molecule has 1 N–H and O–H groups in total. The molecule has 0 saturated carbocycles. The normalized spacial score (nSPS) is 13.3. The number of hydrogen-bond donors (Lipinski definition) is 1. The molecule has 1 aliphatic heterocycles. The fourth-order valence-electron chi connectivity index (χ4n) is 3.37. The molecule has 3 aromatic rings. The lowest BCUT2D eigenvalue weighted by Gasteiger charge is -2.14. The van der Waals surface area contributed by atoms with Crippen LogP contribution in [0.2, 0.25) is 0 Å². The lowest BCUT2D eigenvalue weighted by atomic mass is 10.1. The van der Waals surface area contributed by atoms with Gasteiger partial charge in [-0.1, -0.05) is 12.1 Å². The number of nitrogens with one attached hydrogen (secondary N) is 1. The molecule has 1 saturated heterocycles. The molecule has 1 aliphatic rings. The Morgan fingerprint density at radius 1 is 0.966 bits per heavy atom. The van der Waals surface area contributed by atoms with Crippen LogP contribution in [0.25, 0.3) is 11.1 Å². The third kappa shape index (κ3) is 4.54. The number of rotatable bonds is 6. The summed E-state index contributed by atoms with van der Waals surface area (Å²) in [5, 5.41) is 2.90. The molecule has 0 unspecified atom stereocenters. The molecule has 0 atom stereocenters. The third-order valence-corrected chi connectivity index (χ3v) is 4.93. The molecule has 0 spiro atoms. The standard InChI is InChI=1S/C23H24N4O2/c1-2-29-21-11-9-20(10-12-21)26-22(28)18-7-5-17(6-8-18)19-15-24-23(25-16-19)27-13-3-4-14-27/h5-12,15-16H,2-4,13-14H2,1H3,(H,26,28). The van der Waals surface area contributed by atoms with Crippen LogP contribution in [0.15, 0.2) is 60.9 Å².